The van der Waals surface area contributed by atoms with Gasteiger partial charge in [-0.05, 0) is 49.6 Å². The molecule has 0 bridgehead atoms. The number of aromatic amines is 1. The summed E-state index contributed by atoms with van der Waals surface area (Å²) in [5.74, 6) is 0.962. The third-order valence-electron chi connectivity index (χ3n) is 5.74. The Morgan fingerprint density at radius 1 is 1.12 bits per heavy atom. The quantitative estimate of drug-likeness (QED) is 0.387. The highest BCUT2D eigenvalue weighted by Crippen LogP contribution is 2.25. The van der Waals surface area contributed by atoms with Crippen LogP contribution in [-0.2, 0) is 4.74 Å². The number of carbonyl (C=O) groups excluding carboxylic acids is 1. The molecule has 4 aromatic heterocycles. The second kappa shape index (κ2) is 8.73. The Balaban J connectivity index is 1.22. The molecule has 10 nitrogen and oxygen atoms in total. The van der Waals surface area contributed by atoms with Gasteiger partial charge in [0.15, 0.2) is 5.65 Å². The molecule has 0 unspecified atom stereocenters. The van der Waals surface area contributed by atoms with Gasteiger partial charge >= 0.3 is 5.97 Å². The predicted octanol–water partition coefficient (Wildman–Crippen LogP) is 2.74. The number of pyridine rings is 3. The monoisotopic (exact) mass is 445 g/mol. The molecule has 0 aliphatic heterocycles. The van der Waals surface area contributed by atoms with Crippen LogP contribution in [0.25, 0.3) is 16.9 Å². The van der Waals surface area contributed by atoms with Gasteiger partial charge in [0.2, 0.25) is 5.95 Å². The molecule has 3 N–H and O–H groups in total. The first-order valence-corrected chi connectivity index (χ1v) is 10.7. The van der Waals surface area contributed by atoms with E-state index in [1.807, 2.05) is 18.2 Å². The van der Waals surface area contributed by atoms with Crippen molar-refractivity contribution in [1.82, 2.24) is 24.5 Å². The zero-order valence-electron chi connectivity index (χ0n) is 18.0. The SMILES string of the molecule is COC(=O)c1ccc(=O)n(-c2ccc(N[C@H]3CC[C@H](Nc4nc5ncccc5[nH]4)C3)nc2)c1. The summed E-state index contributed by atoms with van der Waals surface area (Å²) in [5.41, 5.74) is 2.22. The molecule has 10 heteroatoms. The first kappa shape index (κ1) is 20.7. The molecule has 0 amide bonds. The van der Waals surface area contributed by atoms with Crippen molar-refractivity contribution in [2.75, 3.05) is 17.7 Å². The number of esters is 1. The summed E-state index contributed by atoms with van der Waals surface area (Å²) in [6.07, 6.45) is 7.73. The van der Waals surface area contributed by atoms with Crippen molar-refractivity contribution >= 4 is 28.9 Å². The number of hydrogen-bond acceptors (Lipinski definition) is 8. The number of anilines is 2. The molecule has 1 saturated carbocycles. The topological polar surface area (TPSA) is 127 Å². The van der Waals surface area contributed by atoms with E-state index in [9.17, 15) is 9.59 Å². The summed E-state index contributed by atoms with van der Waals surface area (Å²) in [7, 11) is 1.30. The highest BCUT2D eigenvalue weighted by atomic mass is 16.5. The molecule has 2 atom stereocenters. The maximum absolute atomic E-state index is 12.2. The lowest BCUT2D eigenvalue weighted by Gasteiger charge is -2.15. The smallest absolute Gasteiger partial charge is 0.339 e. The van der Waals surface area contributed by atoms with Crippen LogP contribution in [0, 0.1) is 0 Å². The van der Waals surface area contributed by atoms with Gasteiger partial charge in [0.25, 0.3) is 5.56 Å². The lowest BCUT2D eigenvalue weighted by atomic mass is 10.2. The van der Waals surface area contributed by atoms with Crippen molar-refractivity contribution in [3.63, 3.8) is 0 Å². The Morgan fingerprint density at radius 3 is 2.73 bits per heavy atom. The van der Waals surface area contributed by atoms with Crippen LogP contribution in [0.4, 0.5) is 11.8 Å². The van der Waals surface area contributed by atoms with E-state index in [0.717, 1.165) is 36.5 Å². The van der Waals surface area contributed by atoms with Gasteiger partial charge < -0.3 is 20.4 Å². The van der Waals surface area contributed by atoms with E-state index in [1.54, 1.807) is 18.5 Å². The van der Waals surface area contributed by atoms with Crippen LogP contribution in [0.15, 0.2) is 59.8 Å². The maximum Gasteiger partial charge on any atom is 0.339 e. The largest absolute Gasteiger partial charge is 0.465 e. The molecule has 1 fully saturated rings. The van der Waals surface area contributed by atoms with Crippen LogP contribution in [0.3, 0.4) is 0 Å². The number of fused-ring (bicyclic) bond motifs is 1. The molecule has 4 heterocycles. The Bertz CT molecular complexity index is 1310. The summed E-state index contributed by atoms with van der Waals surface area (Å²) in [6, 6.07) is 10.8. The molecule has 33 heavy (non-hydrogen) atoms. The molecule has 5 rings (SSSR count). The molecule has 1 aliphatic rings. The molecule has 0 spiro atoms. The second-order valence-electron chi connectivity index (χ2n) is 7.97. The van der Waals surface area contributed by atoms with Crippen molar-refractivity contribution in [3.8, 4) is 5.69 Å². The Hall–Kier alpha value is -4.21. The fourth-order valence-electron chi connectivity index (χ4n) is 4.10. The number of carbonyl (C=O) groups is 1. The number of hydrogen-bond donors (Lipinski definition) is 3. The summed E-state index contributed by atoms with van der Waals surface area (Å²) < 4.78 is 6.10. The predicted molar refractivity (Wildman–Crippen MR) is 124 cm³/mol. The highest BCUT2D eigenvalue weighted by molar-refractivity contribution is 5.88. The lowest BCUT2D eigenvalue weighted by molar-refractivity contribution is 0.0600. The van der Waals surface area contributed by atoms with Crippen molar-refractivity contribution in [3.05, 3.63) is 70.9 Å². The maximum atomic E-state index is 12.2. The van der Waals surface area contributed by atoms with E-state index >= 15 is 0 Å². The second-order valence-corrected chi connectivity index (χ2v) is 7.97. The number of nitrogens with one attached hydrogen (secondary N) is 3. The fraction of sp³-hybridized carbons (Fsp3) is 0.261. The number of nitrogens with zero attached hydrogens (tertiary/aromatic N) is 4. The van der Waals surface area contributed by atoms with Crippen molar-refractivity contribution in [2.45, 2.75) is 31.3 Å². The van der Waals surface area contributed by atoms with E-state index in [-0.39, 0.29) is 11.6 Å². The molecule has 4 aromatic rings. The number of rotatable bonds is 6. The van der Waals surface area contributed by atoms with Gasteiger partial charge in [-0.25, -0.2) is 14.8 Å². The molecule has 0 saturated heterocycles. The number of imidazole rings is 1. The molecular weight excluding hydrogens is 422 g/mol. The molecule has 0 radical (unpaired) electrons. The van der Waals surface area contributed by atoms with Crippen LogP contribution in [-0.4, -0.2) is 49.7 Å². The van der Waals surface area contributed by atoms with Gasteiger partial charge in [0.1, 0.15) is 5.82 Å². The van der Waals surface area contributed by atoms with E-state index < -0.39 is 5.97 Å². The average Bonchev–Trinajstić information content (AvgIpc) is 3.45. The van der Waals surface area contributed by atoms with Gasteiger partial charge in [-0.1, -0.05) is 0 Å². The van der Waals surface area contributed by atoms with Crippen LogP contribution < -0.4 is 16.2 Å². The van der Waals surface area contributed by atoms with E-state index in [1.165, 1.54) is 30.0 Å². The zero-order valence-corrected chi connectivity index (χ0v) is 18.0. The fourth-order valence-corrected chi connectivity index (χ4v) is 4.10. The summed E-state index contributed by atoms with van der Waals surface area (Å²) in [5, 5.41) is 6.92. The van der Waals surface area contributed by atoms with Gasteiger partial charge in [-0.15, -0.1) is 0 Å². The third-order valence-corrected chi connectivity index (χ3v) is 5.74. The number of aromatic nitrogens is 5. The minimum absolute atomic E-state index is 0.254. The van der Waals surface area contributed by atoms with Crippen molar-refractivity contribution < 1.29 is 9.53 Å². The summed E-state index contributed by atoms with van der Waals surface area (Å²) >= 11 is 0. The zero-order chi connectivity index (χ0) is 22.8. The third kappa shape index (κ3) is 4.40. The summed E-state index contributed by atoms with van der Waals surface area (Å²) in [4.78, 5) is 40.5. The molecule has 168 valence electrons. The van der Waals surface area contributed by atoms with E-state index in [4.69, 9.17) is 4.74 Å². The first-order valence-electron chi connectivity index (χ1n) is 10.7. The number of H-pyrrole nitrogens is 1. The standard InChI is InChI=1S/C23H23N7O3/c1-33-22(32)14-4-9-20(31)30(13-14)17-7-8-19(25-12-17)26-15-5-6-16(11-15)27-23-28-18-3-2-10-24-21(18)29-23/h2-4,7-10,12-13,15-16H,5-6,11H2,1H3,(H,25,26)(H2,24,27,28,29)/t15-,16-/m0/s1. The molecule has 0 aromatic carbocycles. The Kier molecular flexibility index (Phi) is 5.47. The van der Waals surface area contributed by atoms with Gasteiger partial charge in [0.05, 0.1) is 30.1 Å². The highest BCUT2D eigenvalue weighted by Gasteiger charge is 2.25. The van der Waals surface area contributed by atoms with Gasteiger partial charge in [-0.3, -0.25) is 9.36 Å². The van der Waals surface area contributed by atoms with E-state index in [2.05, 4.69) is 30.6 Å². The normalized spacial score (nSPS) is 17.7. The van der Waals surface area contributed by atoms with Crippen LogP contribution in [0.5, 0.6) is 0 Å². The molecule has 1 aliphatic carbocycles. The van der Waals surface area contributed by atoms with Crippen LogP contribution >= 0.6 is 0 Å². The van der Waals surface area contributed by atoms with Crippen LogP contribution in [0.2, 0.25) is 0 Å². The van der Waals surface area contributed by atoms with Gasteiger partial charge in [-0.2, -0.15) is 4.98 Å². The van der Waals surface area contributed by atoms with Crippen molar-refractivity contribution in [1.29, 1.82) is 0 Å². The minimum atomic E-state index is -0.502. The Morgan fingerprint density at radius 2 is 1.97 bits per heavy atom. The minimum Gasteiger partial charge on any atom is -0.465 e. The Labute approximate surface area is 189 Å². The van der Waals surface area contributed by atoms with Crippen LogP contribution in [0.1, 0.15) is 29.6 Å². The van der Waals surface area contributed by atoms with Gasteiger partial charge in [0, 0.05) is 30.5 Å². The summed E-state index contributed by atoms with van der Waals surface area (Å²) in [6.45, 7) is 0. The first-order chi connectivity index (χ1) is 16.1. The lowest BCUT2D eigenvalue weighted by Crippen LogP contribution is -2.22. The van der Waals surface area contributed by atoms with Crippen molar-refractivity contribution in [2.24, 2.45) is 0 Å². The number of methoxy groups -OCH3 is 1. The molecular formula is C23H23N7O3. The number of ether oxygens (including phenoxy) is 1. The van der Waals surface area contributed by atoms with E-state index in [0.29, 0.717) is 22.9 Å². The average molecular weight is 445 g/mol.